The Morgan fingerprint density at radius 2 is 1.78 bits per heavy atom. The number of carboxylic acid groups (broad SMARTS) is 1. The van der Waals surface area contributed by atoms with E-state index in [2.05, 4.69) is 24.4 Å². The fourth-order valence-corrected chi connectivity index (χ4v) is 3.05. The van der Waals surface area contributed by atoms with Crippen molar-refractivity contribution in [1.82, 2.24) is 9.88 Å². The van der Waals surface area contributed by atoms with Crippen LogP contribution >= 0.6 is 0 Å². The molecule has 23 heavy (non-hydrogen) atoms. The molecule has 0 saturated heterocycles. The Hall–Kier alpha value is -2.59. The lowest BCUT2D eigenvalue weighted by Crippen LogP contribution is -2.16. The highest BCUT2D eigenvalue weighted by Gasteiger charge is 2.19. The molecule has 0 bridgehead atoms. The monoisotopic (exact) mass is 308 g/mol. The Kier molecular flexibility index (Phi) is 4.17. The number of carbonyl (C=O) groups is 1. The van der Waals surface area contributed by atoms with Crippen LogP contribution in [-0.4, -0.2) is 15.6 Å². The van der Waals surface area contributed by atoms with Gasteiger partial charge in [0.15, 0.2) is 0 Å². The number of nitrogens with one attached hydrogen (secondary N) is 1. The van der Waals surface area contributed by atoms with Gasteiger partial charge < -0.3 is 15.0 Å². The Labute approximate surface area is 135 Å². The Bertz CT molecular complexity index is 865. The van der Waals surface area contributed by atoms with Gasteiger partial charge in [0.25, 0.3) is 0 Å². The molecule has 4 nitrogen and oxygen atoms in total. The zero-order valence-corrected chi connectivity index (χ0v) is 13.3. The maximum atomic E-state index is 11.7. The summed E-state index contributed by atoms with van der Waals surface area (Å²) in [5.41, 5.74) is 4.59. The van der Waals surface area contributed by atoms with Gasteiger partial charge in [-0.3, -0.25) is 0 Å². The number of aromatic carboxylic acids is 1. The Morgan fingerprint density at radius 1 is 1.09 bits per heavy atom. The average molecular weight is 308 g/mol. The molecule has 2 N–H and O–H groups in total. The van der Waals surface area contributed by atoms with Crippen molar-refractivity contribution in [3.05, 3.63) is 70.9 Å². The standard InChI is InChI=1S/C19H20N2O2/c1-13-7-3-4-8-14(13)11-20-12-16-15-9-5-6-10-17(15)21(2)18(16)19(22)23/h3-10,20H,11-12H2,1-2H3,(H,22,23). The first kappa shape index (κ1) is 15.3. The van der Waals surface area contributed by atoms with Crippen molar-refractivity contribution in [2.24, 2.45) is 7.05 Å². The topological polar surface area (TPSA) is 54.3 Å². The summed E-state index contributed by atoms with van der Waals surface area (Å²) in [4.78, 5) is 11.7. The number of nitrogens with zero attached hydrogens (tertiary/aromatic N) is 1. The van der Waals surface area contributed by atoms with E-state index in [0.29, 0.717) is 12.2 Å². The van der Waals surface area contributed by atoms with Crippen molar-refractivity contribution >= 4 is 16.9 Å². The molecule has 1 heterocycles. The fraction of sp³-hybridized carbons (Fsp3) is 0.211. The molecule has 0 saturated carbocycles. The minimum atomic E-state index is -0.892. The molecule has 0 aliphatic heterocycles. The Morgan fingerprint density at radius 3 is 2.52 bits per heavy atom. The van der Waals surface area contributed by atoms with Crippen molar-refractivity contribution in [1.29, 1.82) is 0 Å². The summed E-state index contributed by atoms with van der Waals surface area (Å²) >= 11 is 0. The minimum Gasteiger partial charge on any atom is -0.477 e. The van der Waals surface area contributed by atoms with Crippen molar-refractivity contribution in [2.75, 3.05) is 0 Å². The van der Waals surface area contributed by atoms with Gasteiger partial charge in [-0.05, 0) is 24.1 Å². The van der Waals surface area contributed by atoms with Gasteiger partial charge in [0.2, 0.25) is 0 Å². The maximum absolute atomic E-state index is 11.7. The molecule has 0 spiro atoms. The predicted molar refractivity (Wildman–Crippen MR) is 91.6 cm³/mol. The van der Waals surface area contributed by atoms with Crippen molar-refractivity contribution in [3.8, 4) is 0 Å². The SMILES string of the molecule is Cc1ccccc1CNCc1c(C(=O)O)n(C)c2ccccc12. The number of aryl methyl sites for hydroxylation is 2. The third-order valence-electron chi connectivity index (χ3n) is 4.29. The van der Waals surface area contributed by atoms with Crippen LogP contribution in [0.1, 0.15) is 27.2 Å². The van der Waals surface area contributed by atoms with E-state index < -0.39 is 5.97 Å². The van der Waals surface area contributed by atoms with Gasteiger partial charge in [-0.2, -0.15) is 0 Å². The van der Waals surface area contributed by atoms with E-state index in [9.17, 15) is 9.90 Å². The average Bonchev–Trinajstić information content (AvgIpc) is 2.82. The molecule has 1 aromatic heterocycles. The summed E-state index contributed by atoms with van der Waals surface area (Å²) in [7, 11) is 1.80. The second-order valence-electron chi connectivity index (χ2n) is 5.74. The van der Waals surface area contributed by atoms with E-state index in [4.69, 9.17) is 0 Å². The number of hydrogen-bond donors (Lipinski definition) is 2. The van der Waals surface area contributed by atoms with E-state index >= 15 is 0 Å². The number of hydrogen-bond acceptors (Lipinski definition) is 2. The predicted octanol–water partition coefficient (Wildman–Crippen LogP) is 3.47. The van der Waals surface area contributed by atoms with Crippen LogP contribution in [0, 0.1) is 6.92 Å². The van der Waals surface area contributed by atoms with Gasteiger partial charge >= 0.3 is 5.97 Å². The van der Waals surface area contributed by atoms with E-state index in [1.807, 2.05) is 36.4 Å². The summed E-state index contributed by atoms with van der Waals surface area (Å²) < 4.78 is 1.75. The molecule has 0 unspecified atom stereocenters. The van der Waals surface area contributed by atoms with Crippen LogP contribution in [-0.2, 0) is 20.1 Å². The molecule has 4 heteroatoms. The van der Waals surface area contributed by atoms with Gasteiger partial charge in [-0.25, -0.2) is 4.79 Å². The third-order valence-corrected chi connectivity index (χ3v) is 4.29. The summed E-state index contributed by atoms with van der Waals surface area (Å²) in [5, 5.41) is 13.9. The summed E-state index contributed by atoms with van der Waals surface area (Å²) in [6.45, 7) is 3.32. The van der Waals surface area contributed by atoms with Crippen LogP contribution in [0.4, 0.5) is 0 Å². The van der Waals surface area contributed by atoms with Crippen LogP contribution in [0.15, 0.2) is 48.5 Å². The molecule has 0 atom stereocenters. The minimum absolute atomic E-state index is 0.350. The van der Waals surface area contributed by atoms with Crippen LogP contribution in [0.5, 0.6) is 0 Å². The number of benzene rings is 2. The smallest absolute Gasteiger partial charge is 0.352 e. The Balaban J connectivity index is 1.89. The summed E-state index contributed by atoms with van der Waals surface area (Å²) in [5.74, 6) is -0.892. The number of rotatable bonds is 5. The highest BCUT2D eigenvalue weighted by atomic mass is 16.4. The van der Waals surface area contributed by atoms with Crippen LogP contribution in [0.25, 0.3) is 10.9 Å². The zero-order chi connectivity index (χ0) is 16.4. The lowest BCUT2D eigenvalue weighted by molar-refractivity contribution is 0.0685. The quantitative estimate of drug-likeness (QED) is 0.759. The van der Waals surface area contributed by atoms with Gasteiger partial charge in [0.1, 0.15) is 5.69 Å². The van der Waals surface area contributed by atoms with E-state index in [0.717, 1.165) is 23.0 Å². The van der Waals surface area contributed by atoms with Crippen LogP contribution in [0.2, 0.25) is 0 Å². The molecule has 118 valence electrons. The van der Waals surface area contributed by atoms with Gasteiger partial charge in [-0.1, -0.05) is 42.5 Å². The van der Waals surface area contributed by atoms with Crippen molar-refractivity contribution in [3.63, 3.8) is 0 Å². The number of aromatic nitrogens is 1. The molecule has 3 aromatic rings. The van der Waals surface area contributed by atoms with Crippen LogP contribution in [0.3, 0.4) is 0 Å². The van der Waals surface area contributed by atoms with E-state index in [1.165, 1.54) is 11.1 Å². The molecule has 3 rings (SSSR count). The molecule has 0 aliphatic rings. The maximum Gasteiger partial charge on any atom is 0.352 e. The molecular weight excluding hydrogens is 288 g/mol. The molecule has 0 fully saturated rings. The van der Waals surface area contributed by atoms with Gasteiger partial charge in [0, 0.05) is 36.6 Å². The second-order valence-corrected chi connectivity index (χ2v) is 5.74. The number of para-hydroxylation sites is 1. The summed E-state index contributed by atoms with van der Waals surface area (Å²) in [6, 6.07) is 16.0. The first-order valence-electron chi connectivity index (χ1n) is 7.64. The highest BCUT2D eigenvalue weighted by molar-refractivity contribution is 5.98. The van der Waals surface area contributed by atoms with Gasteiger partial charge in [-0.15, -0.1) is 0 Å². The fourth-order valence-electron chi connectivity index (χ4n) is 3.05. The zero-order valence-electron chi connectivity index (χ0n) is 13.3. The molecular formula is C19H20N2O2. The second kappa shape index (κ2) is 6.26. The molecule has 0 radical (unpaired) electrons. The summed E-state index contributed by atoms with van der Waals surface area (Å²) in [6.07, 6.45) is 0. The molecule has 0 amide bonds. The van der Waals surface area contributed by atoms with E-state index in [1.54, 1.807) is 11.6 Å². The third kappa shape index (κ3) is 2.85. The van der Waals surface area contributed by atoms with Gasteiger partial charge in [0.05, 0.1) is 0 Å². The largest absolute Gasteiger partial charge is 0.477 e. The van der Waals surface area contributed by atoms with Crippen molar-refractivity contribution < 1.29 is 9.90 Å². The molecule has 2 aromatic carbocycles. The lowest BCUT2D eigenvalue weighted by Gasteiger charge is -2.08. The highest BCUT2D eigenvalue weighted by Crippen LogP contribution is 2.25. The normalized spacial score (nSPS) is 11.0. The number of carboxylic acids is 1. The first-order valence-corrected chi connectivity index (χ1v) is 7.64. The first-order chi connectivity index (χ1) is 11.1. The van der Waals surface area contributed by atoms with Crippen molar-refractivity contribution in [2.45, 2.75) is 20.0 Å². The van der Waals surface area contributed by atoms with Crippen LogP contribution < -0.4 is 5.32 Å². The van der Waals surface area contributed by atoms with E-state index in [-0.39, 0.29) is 0 Å². The molecule has 0 aliphatic carbocycles. The lowest BCUT2D eigenvalue weighted by atomic mass is 10.1. The number of fused-ring (bicyclic) bond motifs is 1.